The number of nitrogens with one attached hydrogen (secondary N) is 3. The summed E-state index contributed by atoms with van der Waals surface area (Å²) in [6.45, 7) is 1.61. The van der Waals surface area contributed by atoms with E-state index in [-0.39, 0.29) is 0 Å². The lowest BCUT2D eigenvalue weighted by Gasteiger charge is -2.05. The highest BCUT2D eigenvalue weighted by Crippen LogP contribution is 2.06. The highest BCUT2D eigenvalue weighted by atomic mass is 16.4. The van der Waals surface area contributed by atoms with Gasteiger partial charge in [0.15, 0.2) is 0 Å². The smallest absolute Gasteiger partial charge is 0.312 e. The molecule has 1 rings (SSSR count). The normalized spacial score (nSPS) is 18.7. The molecular formula is C5H9N3O2. The molecule has 56 valence electrons. The van der Waals surface area contributed by atoms with Crippen molar-refractivity contribution in [3.8, 4) is 0 Å². The van der Waals surface area contributed by atoms with Crippen LogP contribution in [-0.4, -0.2) is 11.1 Å². The maximum atomic E-state index is 10.3. The van der Waals surface area contributed by atoms with Gasteiger partial charge in [0.1, 0.15) is 0 Å². The molecule has 5 heteroatoms. The Kier molecular flexibility index (Phi) is 1.77. The van der Waals surface area contributed by atoms with Crippen LogP contribution in [0.1, 0.15) is 6.92 Å². The van der Waals surface area contributed by atoms with Crippen molar-refractivity contribution in [1.29, 1.82) is 0 Å². The summed E-state index contributed by atoms with van der Waals surface area (Å²) >= 11 is 0. The zero-order valence-electron chi connectivity index (χ0n) is 5.51. The third kappa shape index (κ3) is 1.19. The van der Waals surface area contributed by atoms with E-state index in [1.54, 1.807) is 13.1 Å². The predicted octanol–water partition coefficient (Wildman–Crippen LogP) is -0.839. The molecule has 4 N–H and O–H groups in total. The van der Waals surface area contributed by atoms with Crippen LogP contribution in [0.2, 0.25) is 0 Å². The van der Waals surface area contributed by atoms with Crippen LogP contribution >= 0.6 is 0 Å². The maximum Gasteiger partial charge on any atom is 0.312 e. The third-order valence-corrected chi connectivity index (χ3v) is 1.34. The van der Waals surface area contributed by atoms with Gasteiger partial charge in [0.25, 0.3) is 0 Å². The lowest BCUT2D eigenvalue weighted by atomic mass is 10.1. The first-order chi connectivity index (χ1) is 4.72. The van der Waals surface area contributed by atoms with Gasteiger partial charge in [0.05, 0.1) is 11.6 Å². The predicted molar refractivity (Wildman–Crippen MR) is 34.3 cm³/mol. The fraction of sp³-hybridized carbons (Fsp3) is 0.400. The lowest BCUT2D eigenvalue weighted by molar-refractivity contribution is -0.139. The molecule has 0 spiro atoms. The maximum absolute atomic E-state index is 10.3. The van der Waals surface area contributed by atoms with Crippen LogP contribution in [0.25, 0.3) is 0 Å². The van der Waals surface area contributed by atoms with Crippen LogP contribution in [-0.2, 0) is 4.79 Å². The quantitative estimate of drug-likeness (QED) is 0.405. The Labute approximate surface area is 58.0 Å². The number of rotatable bonds is 2. The summed E-state index contributed by atoms with van der Waals surface area (Å²) < 4.78 is 0. The van der Waals surface area contributed by atoms with Crippen molar-refractivity contribution in [3.05, 3.63) is 11.9 Å². The molecule has 0 amide bonds. The van der Waals surface area contributed by atoms with Crippen LogP contribution in [0.5, 0.6) is 0 Å². The van der Waals surface area contributed by atoms with Crippen molar-refractivity contribution < 1.29 is 9.90 Å². The number of carboxylic acids is 1. The van der Waals surface area contributed by atoms with Gasteiger partial charge in [-0.1, -0.05) is 0 Å². The molecule has 0 saturated carbocycles. The second kappa shape index (κ2) is 2.57. The van der Waals surface area contributed by atoms with E-state index in [1.165, 1.54) is 0 Å². The SMILES string of the molecule is CC(C(=O)O)C1=CNNN1. The van der Waals surface area contributed by atoms with E-state index in [4.69, 9.17) is 5.11 Å². The first-order valence-electron chi connectivity index (χ1n) is 2.91. The van der Waals surface area contributed by atoms with E-state index in [0.717, 1.165) is 0 Å². The summed E-state index contributed by atoms with van der Waals surface area (Å²) in [6, 6.07) is 0. The molecule has 1 heterocycles. The van der Waals surface area contributed by atoms with E-state index in [1.807, 2.05) is 0 Å². The van der Waals surface area contributed by atoms with Crippen LogP contribution in [0, 0.1) is 5.92 Å². The standard InChI is InChI=1S/C5H9N3O2/c1-3(5(9)10)4-2-6-8-7-4/h2-3,6-8H,1H3,(H,9,10). The highest BCUT2D eigenvalue weighted by Gasteiger charge is 2.18. The van der Waals surface area contributed by atoms with E-state index in [9.17, 15) is 4.79 Å². The largest absolute Gasteiger partial charge is 0.481 e. The van der Waals surface area contributed by atoms with Crippen molar-refractivity contribution >= 4 is 5.97 Å². The van der Waals surface area contributed by atoms with Gasteiger partial charge in [0.2, 0.25) is 0 Å². The number of hydrazine groups is 2. The van der Waals surface area contributed by atoms with Crippen molar-refractivity contribution in [3.63, 3.8) is 0 Å². The van der Waals surface area contributed by atoms with Gasteiger partial charge in [-0.3, -0.25) is 4.79 Å². The van der Waals surface area contributed by atoms with E-state index in [0.29, 0.717) is 5.70 Å². The molecule has 0 radical (unpaired) electrons. The minimum absolute atomic E-state index is 0.498. The molecule has 0 bridgehead atoms. The summed E-state index contributed by atoms with van der Waals surface area (Å²) in [7, 11) is 0. The molecule has 1 aliphatic heterocycles. The molecule has 1 unspecified atom stereocenters. The summed E-state index contributed by atoms with van der Waals surface area (Å²) in [4.78, 5) is 10.3. The Hall–Kier alpha value is -1.23. The topological polar surface area (TPSA) is 73.4 Å². The summed E-state index contributed by atoms with van der Waals surface area (Å²) in [5, 5.41) is 8.51. The fourth-order valence-corrected chi connectivity index (χ4v) is 0.624. The Morgan fingerprint density at radius 1 is 1.80 bits per heavy atom. The number of hydrogen-bond acceptors (Lipinski definition) is 4. The molecular weight excluding hydrogens is 134 g/mol. The molecule has 0 fully saturated rings. The summed E-state index contributed by atoms with van der Waals surface area (Å²) in [6.07, 6.45) is 1.58. The van der Waals surface area contributed by atoms with Crippen molar-refractivity contribution in [2.45, 2.75) is 6.92 Å². The molecule has 1 atom stereocenters. The molecule has 0 aromatic carbocycles. The lowest BCUT2D eigenvalue weighted by Crippen LogP contribution is -2.33. The van der Waals surface area contributed by atoms with Crippen molar-refractivity contribution in [2.75, 3.05) is 0 Å². The molecule has 5 nitrogen and oxygen atoms in total. The van der Waals surface area contributed by atoms with Crippen LogP contribution < -0.4 is 16.4 Å². The fourth-order valence-electron chi connectivity index (χ4n) is 0.624. The van der Waals surface area contributed by atoms with Gasteiger partial charge in [-0.2, -0.15) is 5.53 Å². The zero-order chi connectivity index (χ0) is 7.56. The van der Waals surface area contributed by atoms with Gasteiger partial charge in [-0.05, 0) is 6.92 Å². The Morgan fingerprint density at radius 2 is 2.50 bits per heavy atom. The molecule has 0 saturated heterocycles. The number of carbonyl (C=O) groups is 1. The molecule has 0 aromatic heterocycles. The monoisotopic (exact) mass is 143 g/mol. The zero-order valence-corrected chi connectivity index (χ0v) is 5.51. The van der Waals surface area contributed by atoms with Crippen molar-refractivity contribution in [2.24, 2.45) is 5.92 Å². The minimum atomic E-state index is -0.843. The van der Waals surface area contributed by atoms with E-state index >= 15 is 0 Å². The number of hydrogen-bond donors (Lipinski definition) is 4. The Balaban J connectivity index is 2.55. The second-order valence-electron chi connectivity index (χ2n) is 2.05. The third-order valence-electron chi connectivity index (χ3n) is 1.34. The van der Waals surface area contributed by atoms with Gasteiger partial charge in [0, 0.05) is 6.20 Å². The second-order valence-corrected chi connectivity index (χ2v) is 2.05. The Morgan fingerprint density at radius 3 is 2.90 bits per heavy atom. The first-order valence-corrected chi connectivity index (χ1v) is 2.91. The number of carboxylic acid groups (broad SMARTS) is 1. The first kappa shape index (κ1) is 6.88. The highest BCUT2D eigenvalue weighted by molar-refractivity contribution is 5.72. The molecule has 0 aliphatic carbocycles. The molecule has 1 aliphatic rings. The van der Waals surface area contributed by atoms with E-state index in [2.05, 4.69) is 16.4 Å². The van der Waals surface area contributed by atoms with Gasteiger partial charge in [-0.15, -0.1) is 0 Å². The van der Waals surface area contributed by atoms with Gasteiger partial charge in [-0.25, -0.2) is 0 Å². The minimum Gasteiger partial charge on any atom is -0.481 e. The average molecular weight is 143 g/mol. The summed E-state index contributed by atoms with van der Waals surface area (Å²) in [5.74, 6) is -1.34. The van der Waals surface area contributed by atoms with Crippen LogP contribution in [0.3, 0.4) is 0 Å². The van der Waals surface area contributed by atoms with Gasteiger partial charge < -0.3 is 16.0 Å². The van der Waals surface area contributed by atoms with Crippen LogP contribution in [0.4, 0.5) is 0 Å². The Bertz CT molecular complexity index is 178. The summed E-state index contributed by atoms with van der Waals surface area (Å²) in [5.41, 5.74) is 8.46. The average Bonchev–Trinajstić information content (AvgIpc) is 2.36. The van der Waals surface area contributed by atoms with Crippen molar-refractivity contribution in [1.82, 2.24) is 16.4 Å². The molecule has 10 heavy (non-hydrogen) atoms. The van der Waals surface area contributed by atoms with Crippen LogP contribution in [0.15, 0.2) is 11.9 Å². The van der Waals surface area contributed by atoms with E-state index < -0.39 is 11.9 Å². The molecule has 0 aromatic rings. The number of aliphatic carboxylic acids is 1. The van der Waals surface area contributed by atoms with Gasteiger partial charge >= 0.3 is 5.97 Å².